The number of carbonyl (C=O) groups excluding carboxylic acids is 2. The summed E-state index contributed by atoms with van der Waals surface area (Å²) in [6.45, 7) is 3.21. The van der Waals surface area contributed by atoms with E-state index in [0.717, 1.165) is 27.8 Å². The van der Waals surface area contributed by atoms with E-state index in [0.29, 0.717) is 12.1 Å². The van der Waals surface area contributed by atoms with E-state index in [9.17, 15) is 18.0 Å². The van der Waals surface area contributed by atoms with E-state index in [4.69, 9.17) is 10.00 Å². The lowest BCUT2D eigenvalue weighted by Crippen LogP contribution is -2.23. The zero-order valence-electron chi connectivity index (χ0n) is 14.6. The molecular weight excluding hydrogens is 376 g/mol. The molecule has 1 fully saturated rings. The Labute approximate surface area is 157 Å². The maximum Gasteiger partial charge on any atom is 0.306 e. The van der Waals surface area contributed by atoms with E-state index in [1.807, 2.05) is 19.2 Å². The first-order chi connectivity index (χ1) is 12.2. The molecule has 0 radical (unpaired) electrons. The highest BCUT2D eigenvalue weighted by Gasteiger charge is 2.30. The van der Waals surface area contributed by atoms with Crippen LogP contribution in [-0.2, 0) is 24.2 Å². The van der Waals surface area contributed by atoms with Crippen LogP contribution >= 0.6 is 11.8 Å². The fraction of sp³-hybridized carbons (Fsp3) is 0.471. The van der Waals surface area contributed by atoms with Crippen molar-refractivity contribution in [2.24, 2.45) is 5.92 Å². The van der Waals surface area contributed by atoms with Gasteiger partial charge < -0.3 is 10.1 Å². The highest BCUT2D eigenvalue weighted by molar-refractivity contribution is 8.03. The minimum Gasteiger partial charge on any atom is -0.456 e. The number of thioether (sulfide) groups is 1. The molecule has 1 saturated heterocycles. The molecule has 1 N–H and O–H groups in total. The lowest BCUT2D eigenvalue weighted by molar-refractivity contribution is -0.148. The van der Waals surface area contributed by atoms with Gasteiger partial charge in [0.2, 0.25) is 0 Å². The molecule has 7 nitrogen and oxygen atoms in total. The summed E-state index contributed by atoms with van der Waals surface area (Å²) in [6, 6.07) is 3.59. The minimum absolute atomic E-state index is 0.000254. The molecule has 9 heteroatoms. The van der Waals surface area contributed by atoms with Crippen LogP contribution in [0.4, 0.5) is 5.69 Å². The molecular formula is C17H20N2O5S2. The number of benzene rings is 1. The van der Waals surface area contributed by atoms with E-state index < -0.39 is 28.3 Å². The van der Waals surface area contributed by atoms with Crippen LogP contribution in [0.2, 0.25) is 0 Å². The molecule has 0 aliphatic carbocycles. The van der Waals surface area contributed by atoms with Crippen LogP contribution in [0.3, 0.4) is 0 Å². The van der Waals surface area contributed by atoms with Gasteiger partial charge in [-0.1, -0.05) is 0 Å². The quantitative estimate of drug-likeness (QED) is 0.445. The van der Waals surface area contributed by atoms with Gasteiger partial charge in [-0.15, -0.1) is 0 Å². The number of nitrogens with zero attached hydrogens (tertiary/aromatic N) is 1. The van der Waals surface area contributed by atoms with Gasteiger partial charge in [0.05, 0.1) is 11.5 Å². The third-order valence-corrected chi connectivity index (χ3v) is 6.48. The molecule has 1 aliphatic heterocycles. The number of nitriles is 1. The molecule has 1 amide bonds. The monoisotopic (exact) mass is 396 g/mol. The second-order valence-electron chi connectivity index (χ2n) is 6.31. The summed E-state index contributed by atoms with van der Waals surface area (Å²) < 4.78 is 27.7. The van der Waals surface area contributed by atoms with Crippen molar-refractivity contribution in [1.29, 1.82) is 5.26 Å². The second kappa shape index (κ2) is 8.56. The Balaban J connectivity index is 1.85. The summed E-state index contributed by atoms with van der Waals surface area (Å²) in [5, 5.41) is 13.4. The zero-order valence-corrected chi connectivity index (χ0v) is 16.2. The van der Waals surface area contributed by atoms with Gasteiger partial charge in [0.15, 0.2) is 16.4 Å². The van der Waals surface area contributed by atoms with Crippen LogP contribution in [0.1, 0.15) is 24.0 Å². The predicted molar refractivity (Wildman–Crippen MR) is 98.4 cm³/mol. The van der Waals surface area contributed by atoms with Crippen molar-refractivity contribution in [3.8, 4) is 5.40 Å². The Hall–Kier alpha value is -2.05. The average molecular weight is 396 g/mol. The van der Waals surface area contributed by atoms with Gasteiger partial charge in [-0.3, -0.25) is 9.59 Å². The smallest absolute Gasteiger partial charge is 0.306 e. The highest BCUT2D eigenvalue weighted by Crippen LogP contribution is 2.27. The normalized spacial score (nSPS) is 18.1. The van der Waals surface area contributed by atoms with E-state index in [1.165, 1.54) is 0 Å². The predicted octanol–water partition coefficient (Wildman–Crippen LogP) is 2.18. The highest BCUT2D eigenvalue weighted by atomic mass is 32.2. The molecule has 2 rings (SSSR count). The maximum absolute atomic E-state index is 12.0. The maximum atomic E-state index is 12.0. The number of nitrogens with one attached hydrogen (secondary N) is 1. The third kappa shape index (κ3) is 5.75. The summed E-state index contributed by atoms with van der Waals surface area (Å²) in [5.74, 6) is -1.17. The van der Waals surface area contributed by atoms with Crippen LogP contribution in [0.25, 0.3) is 0 Å². The molecule has 0 aromatic heterocycles. The summed E-state index contributed by atoms with van der Waals surface area (Å²) in [6.07, 6.45) is 0.458. The Morgan fingerprint density at radius 2 is 2.00 bits per heavy atom. The third-order valence-electron chi connectivity index (χ3n) is 4.08. The van der Waals surface area contributed by atoms with Crippen molar-refractivity contribution in [1.82, 2.24) is 0 Å². The number of anilines is 1. The fourth-order valence-electron chi connectivity index (χ4n) is 2.88. The van der Waals surface area contributed by atoms with Crippen molar-refractivity contribution < 1.29 is 22.7 Å². The van der Waals surface area contributed by atoms with Crippen LogP contribution in [0.15, 0.2) is 17.0 Å². The Bertz CT molecular complexity index is 835. The summed E-state index contributed by atoms with van der Waals surface area (Å²) in [7, 11) is -3.04. The average Bonchev–Trinajstić information content (AvgIpc) is 2.88. The number of carbonyl (C=O) groups is 2. The van der Waals surface area contributed by atoms with Gasteiger partial charge in [0, 0.05) is 17.0 Å². The number of ether oxygens (including phenoxy) is 1. The molecule has 0 spiro atoms. The van der Waals surface area contributed by atoms with Gasteiger partial charge in [0.1, 0.15) is 5.40 Å². The van der Waals surface area contributed by atoms with E-state index in [2.05, 4.69) is 5.32 Å². The fourth-order valence-corrected chi connectivity index (χ4v) is 5.32. The number of hydrogen-bond acceptors (Lipinski definition) is 7. The lowest BCUT2D eigenvalue weighted by atomic mass is 10.1. The molecule has 1 aromatic rings. The number of sulfone groups is 1. The largest absolute Gasteiger partial charge is 0.456 e. The topological polar surface area (TPSA) is 113 Å². The van der Waals surface area contributed by atoms with Gasteiger partial charge in [-0.05, 0) is 61.2 Å². The zero-order chi connectivity index (χ0) is 19.3. The number of thiocyanates is 1. The van der Waals surface area contributed by atoms with Gasteiger partial charge in [0.25, 0.3) is 5.91 Å². The molecule has 1 heterocycles. The Kier molecular flexibility index (Phi) is 6.67. The van der Waals surface area contributed by atoms with E-state index in [-0.39, 0.29) is 23.8 Å². The first-order valence-corrected chi connectivity index (χ1v) is 10.7. The molecule has 0 unspecified atom stereocenters. The molecule has 140 valence electrons. The molecule has 0 bridgehead atoms. The molecule has 1 atom stereocenters. The Morgan fingerprint density at radius 3 is 2.54 bits per heavy atom. The Morgan fingerprint density at radius 1 is 1.35 bits per heavy atom. The van der Waals surface area contributed by atoms with Crippen molar-refractivity contribution in [2.45, 2.75) is 31.6 Å². The first-order valence-electron chi connectivity index (χ1n) is 8.03. The standard InChI is InChI=1S/C17H20N2O5S2/c1-11-5-14(25-10-18)6-12(2)17(11)19-15(20)8-24-16(21)7-13-3-4-26(22,23)9-13/h5-6,13H,3-4,7-9H2,1-2H3,(H,19,20)/t13-/m1/s1. The molecule has 1 aromatic carbocycles. The second-order valence-corrected chi connectivity index (χ2v) is 9.39. The van der Waals surface area contributed by atoms with Gasteiger partial charge in [-0.2, -0.15) is 5.26 Å². The van der Waals surface area contributed by atoms with Gasteiger partial charge >= 0.3 is 5.97 Å². The first kappa shape index (κ1) is 20.3. The van der Waals surface area contributed by atoms with Crippen LogP contribution in [0, 0.1) is 30.4 Å². The molecule has 0 saturated carbocycles. The van der Waals surface area contributed by atoms with Crippen molar-refractivity contribution in [3.05, 3.63) is 23.3 Å². The van der Waals surface area contributed by atoms with Crippen molar-refractivity contribution >= 4 is 39.2 Å². The lowest BCUT2D eigenvalue weighted by Gasteiger charge is -2.13. The minimum atomic E-state index is -3.04. The number of rotatable bonds is 6. The van der Waals surface area contributed by atoms with Crippen LogP contribution in [0.5, 0.6) is 0 Å². The molecule has 26 heavy (non-hydrogen) atoms. The summed E-state index contributed by atoms with van der Waals surface area (Å²) >= 11 is 1.04. The molecule has 1 aliphatic rings. The summed E-state index contributed by atoms with van der Waals surface area (Å²) in [4.78, 5) is 24.6. The van der Waals surface area contributed by atoms with E-state index >= 15 is 0 Å². The van der Waals surface area contributed by atoms with Crippen molar-refractivity contribution in [2.75, 3.05) is 23.4 Å². The van der Waals surface area contributed by atoms with Crippen molar-refractivity contribution in [3.63, 3.8) is 0 Å². The SMILES string of the molecule is Cc1cc(SC#N)cc(C)c1NC(=O)COC(=O)C[C@H]1CCS(=O)(=O)C1. The number of hydrogen-bond donors (Lipinski definition) is 1. The van der Waals surface area contributed by atoms with Crippen LogP contribution < -0.4 is 5.32 Å². The van der Waals surface area contributed by atoms with Crippen LogP contribution in [-0.4, -0.2) is 38.4 Å². The number of amides is 1. The van der Waals surface area contributed by atoms with E-state index in [1.54, 1.807) is 12.1 Å². The van der Waals surface area contributed by atoms with Gasteiger partial charge in [-0.25, -0.2) is 8.42 Å². The number of esters is 1. The number of aryl methyl sites for hydroxylation is 2. The summed E-state index contributed by atoms with van der Waals surface area (Å²) in [5.41, 5.74) is 2.23.